The molecule has 1 saturated heterocycles. The number of nitrogens with zero attached hydrogens (tertiary/aromatic N) is 3. The molecule has 1 atom stereocenters. The first kappa shape index (κ1) is 18.2. The standard InChI is InChI=1S/C21H26N4OS/c1-15-6-5-9-19-20(15)23-21(27-19)16(22)14-24-10-12-25(13-11-24)17-7-3-4-8-18(17)26-2/h3-9,16H,10-14,22H2,1-2H3. The van der Waals surface area contributed by atoms with E-state index in [0.717, 1.165) is 49.0 Å². The number of ether oxygens (including phenoxy) is 1. The van der Waals surface area contributed by atoms with Crippen LogP contribution in [0.3, 0.4) is 0 Å². The highest BCUT2D eigenvalue weighted by Gasteiger charge is 2.22. The van der Waals surface area contributed by atoms with Crippen LogP contribution < -0.4 is 15.4 Å². The lowest BCUT2D eigenvalue weighted by Crippen LogP contribution is -2.48. The summed E-state index contributed by atoms with van der Waals surface area (Å²) in [5.41, 5.74) is 9.98. The van der Waals surface area contributed by atoms with Crippen LogP contribution in [0.25, 0.3) is 10.2 Å². The lowest BCUT2D eigenvalue weighted by Gasteiger charge is -2.37. The number of hydrogen-bond acceptors (Lipinski definition) is 6. The molecule has 0 aliphatic carbocycles. The Hall–Kier alpha value is -2.15. The van der Waals surface area contributed by atoms with Gasteiger partial charge < -0.3 is 15.4 Å². The second kappa shape index (κ2) is 7.84. The highest BCUT2D eigenvalue weighted by atomic mass is 32.1. The van der Waals surface area contributed by atoms with Crippen molar-refractivity contribution in [3.05, 3.63) is 53.0 Å². The first-order valence-electron chi connectivity index (χ1n) is 9.37. The Morgan fingerprint density at radius 2 is 1.89 bits per heavy atom. The fourth-order valence-corrected chi connectivity index (χ4v) is 4.72. The number of nitrogens with two attached hydrogens (primary N) is 1. The van der Waals surface area contributed by atoms with Crippen LogP contribution in [-0.2, 0) is 0 Å². The van der Waals surface area contributed by atoms with Gasteiger partial charge in [-0.15, -0.1) is 11.3 Å². The molecule has 1 aliphatic heterocycles. The van der Waals surface area contributed by atoms with E-state index in [1.807, 2.05) is 12.1 Å². The third-order valence-corrected chi connectivity index (χ3v) is 6.36. The second-order valence-corrected chi connectivity index (χ2v) is 8.10. The van der Waals surface area contributed by atoms with Crippen LogP contribution in [0.1, 0.15) is 16.6 Å². The molecule has 1 aromatic heterocycles. The van der Waals surface area contributed by atoms with Crippen molar-refractivity contribution in [1.29, 1.82) is 0 Å². The van der Waals surface area contributed by atoms with E-state index < -0.39 is 0 Å². The first-order valence-corrected chi connectivity index (χ1v) is 10.2. The highest BCUT2D eigenvalue weighted by Crippen LogP contribution is 2.30. The molecular formula is C21H26N4OS. The molecule has 3 aromatic rings. The lowest BCUT2D eigenvalue weighted by molar-refractivity contribution is 0.242. The van der Waals surface area contributed by atoms with Crippen molar-refractivity contribution in [2.24, 2.45) is 5.73 Å². The van der Waals surface area contributed by atoms with Gasteiger partial charge in [0.25, 0.3) is 0 Å². The SMILES string of the molecule is COc1ccccc1N1CCN(CC(N)c2nc3c(C)cccc3s2)CC1. The second-order valence-electron chi connectivity index (χ2n) is 7.04. The summed E-state index contributed by atoms with van der Waals surface area (Å²) in [6, 6.07) is 14.5. The first-order chi connectivity index (χ1) is 13.2. The molecule has 2 aromatic carbocycles. The number of thiazole rings is 1. The third-order valence-electron chi connectivity index (χ3n) is 5.21. The molecule has 0 saturated carbocycles. The monoisotopic (exact) mass is 382 g/mol. The van der Waals surface area contributed by atoms with Crippen molar-refractivity contribution in [3.63, 3.8) is 0 Å². The molecule has 0 bridgehead atoms. The zero-order valence-corrected chi connectivity index (χ0v) is 16.7. The normalized spacial score (nSPS) is 16.6. The largest absolute Gasteiger partial charge is 0.495 e. The number of para-hydroxylation sites is 3. The fourth-order valence-electron chi connectivity index (χ4n) is 3.68. The number of anilines is 1. The van der Waals surface area contributed by atoms with Gasteiger partial charge in [-0.2, -0.15) is 0 Å². The smallest absolute Gasteiger partial charge is 0.142 e. The topological polar surface area (TPSA) is 54.6 Å². The summed E-state index contributed by atoms with van der Waals surface area (Å²) >= 11 is 1.72. The summed E-state index contributed by atoms with van der Waals surface area (Å²) in [5, 5.41) is 1.03. The van der Waals surface area contributed by atoms with Gasteiger partial charge in [-0.25, -0.2) is 4.98 Å². The summed E-state index contributed by atoms with van der Waals surface area (Å²) < 4.78 is 6.73. The predicted molar refractivity (Wildman–Crippen MR) is 113 cm³/mol. The number of fused-ring (bicyclic) bond motifs is 1. The van der Waals surface area contributed by atoms with Gasteiger partial charge in [0.2, 0.25) is 0 Å². The highest BCUT2D eigenvalue weighted by molar-refractivity contribution is 7.18. The third kappa shape index (κ3) is 3.78. The number of hydrogen-bond donors (Lipinski definition) is 1. The van der Waals surface area contributed by atoms with Crippen LogP contribution in [0, 0.1) is 6.92 Å². The van der Waals surface area contributed by atoms with Crippen LogP contribution >= 0.6 is 11.3 Å². The van der Waals surface area contributed by atoms with Crippen LogP contribution in [0.2, 0.25) is 0 Å². The number of aryl methyl sites for hydroxylation is 1. The summed E-state index contributed by atoms with van der Waals surface area (Å²) in [6.45, 7) is 6.90. The molecular weight excluding hydrogens is 356 g/mol. The summed E-state index contributed by atoms with van der Waals surface area (Å²) in [4.78, 5) is 9.63. The van der Waals surface area contributed by atoms with Crippen LogP contribution in [0.5, 0.6) is 5.75 Å². The van der Waals surface area contributed by atoms with Gasteiger partial charge >= 0.3 is 0 Å². The van der Waals surface area contributed by atoms with Crippen LogP contribution in [0.4, 0.5) is 5.69 Å². The molecule has 1 unspecified atom stereocenters. The molecule has 6 heteroatoms. The molecule has 1 fully saturated rings. The van der Waals surface area contributed by atoms with Gasteiger partial charge in [-0.05, 0) is 30.7 Å². The molecule has 142 valence electrons. The number of piperazine rings is 1. The number of aromatic nitrogens is 1. The minimum Gasteiger partial charge on any atom is -0.495 e. The summed E-state index contributed by atoms with van der Waals surface area (Å²) in [7, 11) is 1.73. The Balaban J connectivity index is 1.39. The maximum atomic E-state index is 6.50. The molecule has 2 N–H and O–H groups in total. The Morgan fingerprint density at radius 3 is 2.63 bits per heavy atom. The van der Waals surface area contributed by atoms with Crippen molar-refractivity contribution >= 4 is 27.2 Å². The summed E-state index contributed by atoms with van der Waals surface area (Å²) in [5.74, 6) is 0.937. The average molecular weight is 383 g/mol. The number of rotatable bonds is 5. The minimum absolute atomic E-state index is 0.0420. The molecule has 5 nitrogen and oxygen atoms in total. The van der Waals surface area contributed by atoms with Gasteiger partial charge in [0, 0.05) is 32.7 Å². The Morgan fingerprint density at radius 1 is 1.11 bits per heavy atom. The van der Waals surface area contributed by atoms with Gasteiger partial charge in [0.15, 0.2) is 0 Å². The quantitative estimate of drug-likeness (QED) is 0.733. The van der Waals surface area contributed by atoms with E-state index in [1.165, 1.54) is 16.0 Å². The lowest BCUT2D eigenvalue weighted by atomic mass is 10.2. The van der Waals surface area contributed by atoms with Gasteiger partial charge in [-0.1, -0.05) is 24.3 Å². The van der Waals surface area contributed by atoms with Crippen LogP contribution in [-0.4, -0.2) is 49.7 Å². The van der Waals surface area contributed by atoms with Gasteiger partial charge in [0.1, 0.15) is 10.8 Å². The number of methoxy groups -OCH3 is 1. The maximum Gasteiger partial charge on any atom is 0.142 e. The fraction of sp³-hybridized carbons (Fsp3) is 0.381. The zero-order chi connectivity index (χ0) is 18.8. The van der Waals surface area contributed by atoms with E-state index in [9.17, 15) is 0 Å². The van der Waals surface area contributed by atoms with Crippen molar-refractivity contribution in [2.45, 2.75) is 13.0 Å². The van der Waals surface area contributed by atoms with E-state index in [4.69, 9.17) is 15.5 Å². The van der Waals surface area contributed by atoms with Crippen LogP contribution in [0.15, 0.2) is 42.5 Å². The molecule has 0 amide bonds. The Kier molecular flexibility index (Phi) is 5.29. The molecule has 27 heavy (non-hydrogen) atoms. The summed E-state index contributed by atoms with van der Waals surface area (Å²) in [6.07, 6.45) is 0. The van der Waals surface area contributed by atoms with E-state index in [1.54, 1.807) is 18.4 Å². The molecule has 0 radical (unpaired) electrons. The Labute approximate surface area is 164 Å². The average Bonchev–Trinajstić information content (AvgIpc) is 3.14. The van der Waals surface area contributed by atoms with E-state index >= 15 is 0 Å². The molecule has 0 spiro atoms. The van der Waals surface area contributed by atoms with Crippen molar-refractivity contribution in [2.75, 3.05) is 44.7 Å². The zero-order valence-electron chi connectivity index (χ0n) is 15.9. The van der Waals surface area contributed by atoms with Crippen molar-refractivity contribution < 1.29 is 4.74 Å². The number of benzene rings is 2. The van der Waals surface area contributed by atoms with E-state index in [0.29, 0.717) is 0 Å². The van der Waals surface area contributed by atoms with E-state index in [-0.39, 0.29) is 6.04 Å². The molecule has 1 aliphatic rings. The predicted octanol–water partition coefficient (Wildman–Crippen LogP) is 3.44. The maximum absolute atomic E-state index is 6.50. The van der Waals surface area contributed by atoms with Crippen molar-refractivity contribution in [3.8, 4) is 5.75 Å². The van der Waals surface area contributed by atoms with Gasteiger partial charge in [0.05, 0.1) is 29.1 Å². The molecule has 4 rings (SSSR count). The Bertz CT molecular complexity index is 917. The minimum atomic E-state index is -0.0420. The van der Waals surface area contributed by atoms with E-state index in [2.05, 4.69) is 47.1 Å². The van der Waals surface area contributed by atoms with Gasteiger partial charge in [-0.3, -0.25) is 4.90 Å². The molecule has 2 heterocycles. The van der Waals surface area contributed by atoms with Crippen molar-refractivity contribution in [1.82, 2.24) is 9.88 Å².